The number of amides is 1. The van der Waals surface area contributed by atoms with E-state index < -0.39 is 0 Å². The first-order chi connectivity index (χ1) is 11.1. The Morgan fingerprint density at radius 3 is 2.74 bits per heavy atom. The van der Waals surface area contributed by atoms with E-state index >= 15 is 0 Å². The summed E-state index contributed by atoms with van der Waals surface area (Å²) in [5.41, 5.74) is 2.06. The summed E-state index contributed by atoms with van der Waals surface area (Å²) in [6.07, 6.45) is 5.30. The smallest absolute Gasteiger partial charge is 0.257 e. The van der Waals surface area contributed by atoms with E-state index in [-0.39, 0.29) is 5.91 Å². The molecular formula is C17H14Cl2N2OS. The molecule has 0 bridgehead atoms. The molecule has 0 saturated heterocycles. The van der Waals surface area contributed by atoms with E-state index in [0.717, 1.165) is 31.2 Å². The van der Waals surface area contributed by atoms with Gasteiger partial charge in [-0.15, -0.1) is 11.3 Å². The lowest BCUT2D eigenvalue weighted by Gasteiger charge is -2.06. The second kappa shape index (κ2) is 6.92. The number of nitrogens with zero attached hydrogens (tertiary/aromatic N) is 1. The van der Waals surface area contributed by atoms with Crippen LogP contribution in [-0.4, -0.2) is 5.91 Å². The van der Waals surface area contributed by atoms with Crippen LogP contribution < -0.4 is 5.32 Å². The predicted octanol–water partition coefficient (Wildman–Crippen LogP) is 5.45. The van der Waals surface area contributed by atoms with Crippen LogP contribution in [-0.2, 0) is 12.8 Å². The van der Waals surface area contributed by atoms with Crippen molar-refractivity contribution in [3.05, 3.63) is 49.8 Å². The maximum absolute atomic E-state index is 12.5. The van der Waals surface area contributed by atoms with Gasteiger partial charge in [0, 0.05) is 9.90 Å². The first-order valence-corrected chi connectivity index (χ1v) is 8.98. The maximum atomic E-state index is 12.5. The number of hydrogen-bond acceptors (Lipinski definition) is 3. The molecule has 1 N–H and O–H groups in total. The second-order valence-corrected chi connectivity index (χ2v) is 7.41. The minimum absolute atomic E-state index is 0.298. The van der Waals surface area contributed by atoms with Gasteiger partial charge in [-0.25, -0.2) is 0 Å². The summed E-state index contributed by atoms with van der Waals surface area (Å²) in [5.74, 6) is -0.320. The van der Waals surface area contributed by atoms with Gasteiger partial charge in [-0.2, -0.15) is 5.26 Å². The van der Waals surface area contributed by atoms with Gasteiger partial charge < -0.3 is 5.32 Å². The standard InChI is InChI=1S/C17H14Cl2N2OS/c18-10-6-7-12(14(19)8-10)16(22)21-17-13(9-20)11-4-2-1-3-5-15(11)23-17/h6-8H,1-5H2,(H,21,22). The Kier molecular flexibility index (Phi) is 4.91. The normalized spacial score (nSPS) is 13.8. The number of anilines is 1. The van der Waals surface area contributed by atoms with Crippen LogP contribution in [0.25, 0.3) is 0 Å². The zero-order chi connectivity index (χ0) is 16.4. The van der Waals surface area contributed by atoms with Crippen molar-refractivity contribution in [1.82, 2.24) is 0 Å². The van der Waals surface area contributed by atoms with E-state index in [1.165, 1.54) is 28.7 Å². The molecule has 6 heteroatoms. The molecule has 0 aliphatic heterocycles. The molecule has 1 aliphatic carbocycles. The largest absolute Gasteiger partial charge is 0.312 e. The van der Waals surface area contributed by atoms with Crippen LogP contribution in [0.4, 0.5) is 5.00 Å². The Hall–Kier alpha value is -1.54. The predicted molar refractivity (Wildman–Crippen MR) is 94.7 cm³/mol. The van der Waals surface area contributed by atoms with Crippen LogP contribution in [0.3, 0.4) is 0 Å². The number of benzene rings is 1. The average Bonchev–Trinajstić information content (AvgIpc) is 2.67. The number of halogens is 2. The lowest BCUT2D eigenvalue weighted by molar-refractivity contribution is 0.102. The quantitative estimate of drug-likeness (QED) is 0.720. The summed E-state index contributed by atoms with van der Waals surface area (Å²) in [6.45, 7) is 0. The van der Waals surface area contributed by atoms with E-state index in [2.05, 4.69) is 11.4 Å². The zero-order valence-corrected chi connectivity index (χ0v) is 14.6. The second-order valence-electron chi connectivity index (χ2n) is 5.46. The van der Waals surface area contributed by atoms with Gasteiger partial charge in [-0.1, -0.05) is 29.6 Å². The zero-order valence-electron chi connectivity index (χ0n) is 12.3. The highest BCUT2D eigenvalue weighted by atomic mass is 35.5. The molecule has 1 aromatic heterocycles. The van der Waals surface area contributed by atoms with Gasteiger partial charge in [0.15, 0.2) is 0 Å². The summed E-state index contributed by atoms with van der Waals surface area (Å²) < 4.78 is 0. The maximum Gasteiger partial charge on any atom is 0.257 e. The topological polar surface area (TPSA) is 52.9 Å². The summed E-state index contributed by atoms with van der Waals surface area (Å²) in [6, 6.07) is 7.00. The van der Waals surface area contributed by atoms with E-state index in [9.17, 15) is 10.1 Å². The van der Waals surface area contributed by atoms with Gasteiger partial charge in [-0.3, -0.25) is 4.79 Å². The van der Waals surface area contributed by atoms with Crippen molar-refractivity contribution >= 4 is 45.4 Å². The first-order valence-electron chi connectivity index (χ1n) is 7.41. The van der Waals surface area contributed by atoms with Crippen molar-refractivity contribution < 1.29 is 4.79 Å². The van der Waals surface area contributed by atoms with Crippen LogP contribution in [0.1, 0.15) is 45.6 Å². The van der Waals surface area contributed by atoms with E-state index in [0.29, 0.717) is 26.2 Å². The van der Waals surface area contributed by atoms with Gasteiger partial charge in [0.1, 0.15) is 11.1 Å². The van der Waals surface area contributed by atoms with Gasteiger partial charge >= 0.3 is 0 Å². The first kappa shape index (κ1) is 16.3. The molecule has 0 radical (unpaired) electrons. The summed E-state index contributed by atoms with van der Waals surface area (Å²) in [7, 11) is 0. The van der Waals surface area contributed by atoms with Gasteiger partial charge in [-0.05, 0) is 49.4 Å². The number of fused-ring (bicyclic) bond motifs is 1. The number of aryl methyl sites for hydroxylation is 1. The molecule has 1 aliphatic rings. The number of thiophene rings is 1. The number of nitrogens with one attached hydrogen (secondary N) is 1. The molecule has 1 amide bonds. The van der Waals surface area contributed by atoms with Crippen molar-refractivity contribution in [1.29, 1.82) is 5.26 Å². The Bertz CT molecular complexity index is 808. The van der Waals surface area contributed by atoms with Crippen molar-refractivity contribution in [2.45, 2.75) is 32.1 Å². The highest BCUT2D eigenvalue weighted by Gasteiger charge is 2.22. The average molecular weight is 365 g/mol. The summed E-state index contributed by atoms with van der Waals surface area (Å²) in [4.78, 5) is 13.7. The summed E-state index contributed by atoms with van der Waals surface area (Å²) >= 11 is 13.4. The minimum atomic E-state index is -0.320. The molecule has 0 unspecified atom stereocenters. The third-order valence-electron chi connectivity index (χ3n) is 3.94. The van der Waals surface area contributed by atoms with Crippen LogP contribution >= 0.6 is 34.5 Å². The van der Waals surface area contributed by atoms with E-state index in [1.807, 2.05) is 0 Å². The Labute approximate surface area is 148 Å². The van der Waals surface area contributed by atoms with Crippen LogP contribution in [0.15, 0.2) is 18.2 Å². The van der Waals surface area contributed by atoms with Gasteiger partial charge in [0.2, 0.25) is 0 Å². The molecule has 0 saturated carbocycles. The fourth-order valence-corrected chi connectivity index (χ4v) is 4.52. The molecule has 0 atom stereocenters. The van der Waals surface area contributed by atoms with E-state index in [1.54, 1.807) is 12.1 Å². The molecule has 3 rings (SSSR count). The van der Waals surface area contributed by atoms with Gasteiger partial charge in [0.05, 0.1) is 16.1 Å². The highest BCUT2D eigenvalue weighted by Crippen LogP contribution is 2.37. The fraction of sp³-hybridized carbons (Fsp3) is 0.294. The monoisotopic (exact) mass is 364 g/mol. The van der Waals surface area contributed by atoms with Crippen molar-refractivity contribution in [2.24, 2.45) is 0 Å². The van der Waals surface area contributed by atoms with Crippen molar-refractivity contribution in [2.75, 3.05) is 5.32 Å². The Morgan fingerprint density at radius 1 is 1.22 bits per heavy atom. The van der Waals surface area contributed by atoms with Crippen molar-refractivity contribution in [3.8, 4) is 6.07 Å². The third-order valence-corrected chi connectivity index (χ3v) is 5.69. The number of nitriles is 1. The van der Waals surface area contributed by atoms with E-state index in [4.69, 9.17) is 23.2 Å². The third kappa shape index (κ3) is 3.37. The molecule has 3 nitrogen and oxygen atoms in total. The van der Waals surface area contributed by atoms with Crippen LogP contribution in [0, 0.1) is 11.3 Å². The molecule has 0 fully saturated rings. The number of carbonyl (C=O) groups is 1. The lowest BCUT2D eigenvalue weighted by atomic mass is 10.1. The highest BCUT2D eigenvalue weighted by molar-refractivity contribution is 7.16. The molecule has 2 aromatic rings. The summed E-state index contributed by atoms with van der Waals surface area (Å²) in [5, 5.41) is 13.7. The number of hydrogen-bond donors (Lipinski definition) is 1. The fourth-order valence-electron chi connectivity index (χ4n) is 2.79. The Morgan fingerprint density at radius 2 is 2.00 bits per heavy atom. The molecule has 1 aromatic carbocycles. The lowest BCUT2D eigenvalue weighted by Crippen LogP contribution is -2.12. The number of carbonyl (C=O) groups excluding carboxylic acids is 1. The van der Waals surface area contributed by atoms with Crippen LogP contribution in [0.5, 0.6) is 0 Å². The molecule has 1 heterocycles. The Balaban J connectivity index is 1.91. The molecule has 23 heavy (non-hydrogen) atoms. The van der Waals surface area contributed by atoms with Gasteiger partial charge in [0.25, 0.3) is 5.91 Å². The molecule has 118 valence electrons. The molecule has 0 spiro atoms. The number of rotatable bonds is 2. The van der Waals surface area contributed by atoms with Crippen LogP contribution in [0.2, 0.25) is 10.0 Å². The van der Waals surface area contributed by atoms with Crippen molar-refractivity contribution in [3.63, 3.8) is 0 Å². The molecular weight excluding hydrogens is 351 g/mol. The SMILES string of the molecule is N#Cc1c(NC(=O)c2ccc(Cl)cc2Cl)sc2c1CCCCC2. The minimum Gasteiger partial charge on any atom is -0.312 e.